The van der Waals surface area contributed by atoms with Crippen molar-refractivity contribution in [1.29, 1.82) is 0 Å². The number of amides is 1. The molecule has 0 aromatic rings. The molecule has 4 atom stereocenters. The first-order chi connectivity index (χ1) is 18.1. The Morgan fingerprint density at radius 1 is 0.921 bits per heavy atom. The van der Waals surface area contributed by atoms with Crippen molar-refractivity contribution in [3.05, 3.63) is 12.2 Å². The summed E-state index contributed by atoms with van der Waals surface area (Å²) in [7, 11) is 2.65. The summed E-state index contributed by atoms with van der Waals surface area (Å²) in [5.41, 5.74) is 0. The molecular weight excluding hydrogens is 502 g/mol. The van der Waals surface area contributed by atoms with E-state index in [2.05, 4.69) is 28.9 Å². The van der Waals surface area contributed by atoms with E-state index in [1.165, 1.54) is 91.4 Å². The molecule has 3 unspecified atom stereocenters. The van der Waals surface area contributed by atoms with Gasteiger partial charge in [-0.2, -0.15) is 4.89 Å². The summed E-state index contributed by atoms with van der Waals surface area (Å²) >= 11 is 1.75. The number of ether oxygens (including phenoxy) is 1. The summed E-state index contributed by atoms with van der Waals surface area (Å²) in [5, 5.41) is 3.07. The summed E-state index contributed by atoms with van der Waals surface area (Å²) < 4.78 is 4.52. The zero-order chi connectivity index (χ0) is 28.8. The normalized spacial score (nSPS) is 15.4. The predicted molar refractivity (Wildman–Crippen MR) is 157 cm³/mol. The van der Waals surface area contributed by atoms with Crippen molar-refractivity contribution in [2.24, 2.45) is 5.92 Å². The number of nitrogens with one attached hydrogen (secondary N) is 1. The van der Waals surface area contributed by atoms with E-state index >= 15 is 0 Å². The Labute approximate surface area is 236 Å². The molecule has 0 rings (SSSR count). The van der Waals surface area contributed by atoms with Gasteiger partial charge in [-0.3, -0.25) is 9.68 Å². The van der Waals surface area contributed by atoms with E-state index in [4.69, 9.17) is 4.74 Å². The first-order valence-electron chi connectivity index (χ1n) is 14.6. The van der Waals surface area contributed by atoms with Crippen molar-refractivity contribution in [2.45, 2.75) is 141 Å². The average molecular weight is 558 g/mol. The zero-order valence-corrected chi connectivity index (χ0v) is 26.0. The molecule has 0 aromatic carbocycles. The van der Waals surface area contributed by atoms with Gasteiger partial charge in [0.2, 0.25) is 5.91 Å². The number of hydrogen-bond donors (Lipinski definition) is 1. The highest BCUT2D eigenvalue weighted by Crippen LogP contribution is 2.41. The lowest BCUT2D eigenvalue weighted by atomic mass is 9.95. The molecule has 0 spiro atoms. The molecule has 222 valence electrons. The van der Waals surface area contributed by atoms with Crippen LogP contribution in [0.3, 0.4) is 0 Å². The average Bonchev–Trinajstić information content (AvgIpc) is 2.89. The summed E-state index contributed by atoms with van der Waals surface area (Å²) in [6, 6.07) is -0.737. The van der Waals surface area contributed by atoms with E-state index in [9.17, 15) is 14.4 Å². The topological polar surface area (TPSA) is 90.9 Å². The van der Waals surface area contributed by atoms with Gasteiger partial charge in [0, 0.05) is 23.0 Å². The highest BCUT2D eigenvalue weighted by molar-refractivity contribution is 8.01. The molecule has 0 saturated carbocycles. The van der Waals surface area contributed by atoms with Gasteiger partial charge >= 0.3 is 11.9 Å². The fourth-order valence-electron chi connectivity index (χ4n) is 4.63. The predicted octanol–water partition coefficient (Wildman–Crippen LogP) is 7.32. The molecule has 0 heterocycles. The third-order valence-corrected chi connectivity index (χ3v) is 9.27. The molecule has 0 aliphatic heterocycles. The summed E-state index contributed by atoms with van der Waals surface area (Å²) in [6.07, 6.45) is 19.6. The number of carbonyl (C=O) groups is 3. The third kappa shape index (κ3) is 16.4. The Bertz CT molecular complexity index is 686. The van der Waals surface area contributed by atoms with Crippen LogP contribution in [0.5, 0.6) is 0 Å². The molecule has 0 aliphatic rings. The number of carbonyl (C=O) groups excluding carboxylic acids is 3. The lowest BCUT2D eigenvalue weighted by molar-refractivity contribution is -0.249. The third-order valence-electron chi connectivity index (χ3n) is 7.20. The molecule has 38 heavy (non-hydrogen) atoms. The summed E-state index contributed by atoms with van der Waals surface area (Å²) in [6.45, 7) is 10.0. The van der Waals surface area contributed by atoms with Gasteiger partial charge in [0.1, 0.15) is 6.04 Å². The van der Waals surface area contributed by atoms with E-state index in [-0.39, 0.29) is 11.2 Å². The Morgan fingerprint density at radius 2 is 1.50 bits per heavy atom. The molecule has 0 fully saturated rings. The monoisotopic (exact) mass is 557 g/mol. The van der Waals surface area contributed by atoms with Crippen LogP contribution in [0, 0.1) is 5.92 Å². The zero-order valence-electron chi connectivity index (χ0n) is 25.1. The van der Waals surface area contributed by atoms with Gasteiger partial charge in [0.05, 0.1) is 14.2 Å². The Balaban J connectivity index is 5.16. The molecule has 8 heteroatoms. The van der Waals surface area contributed by atoms with Crippen molar-refractivity contribution < 1.29 is 28.9 Å². The molecule has 1 amide bonds. The standard InChI is InChI=1S/C30H55NO6S/c1-8-10-11-12-13-14-15-16-17-18-21-24(3)26(22-19-20-23-27(33)37-36-7)38-30(5,9-2)28(29(34)35-6)31-25(4)32/h20,23-24,26,28H,8-19,21-22H2,1-7H3,(H,31,32)/t24?,26-,28?,30?/m1/s1. The van der Waals surface area contributed by atoms with Gasteiger partial charge < -0.3 is 10.1 Å². The number of rotatable bonds is 23. The van der Waals surface area contributed by atoms with E-state index < -0.39 is 22.7 Å². The van der Waals surface area contributed by atoms with Crippen molar-refractivity contribution in [2.75, 3.05) is 14.2 Å². The van der Waals surface area contributed by atoms with Gasteiger partial charge in [0.15, 0.2) is 0 Å². The number of hydrogen-bond acceptors (Lipinski definition) is 7. The molecule has 1 N–H and O–H groups in total. The van der Waals surface area contributed by atoms with Crippen LogP contribution in [-0.2, 0) is 28.9 Å². The van der Waals surface area contributed by atoms with Crippen molar-refractivity contribution in [3.63, 3.8) is 0 Å². The van der Waals surface area contributed by atoms with Gasteiger partial charge in [0.25, 0.3) is 0 Å². The van der Waals surface area contributed by atoms with Crippen LogP contribution >= 0.6 is 11.8 Å². The molecule has 0 aliphatic carbocycles. The largest absolute Gasteiger partial charge is 0.467 e. The maximum atomic E-state index is 12.6. The van der Waals surface area contributed by atoms with Gasteiger partial charge in [-0.1, -0.05) is 91.1 Å². The Morgan fingerprint density at radius 3 is 2.00 bits per heavy atom. The van der Waals surface area contributed by atoms with E-state index in [1.54, 1.807) is 17.8 Å². The molecule has 0 saturated heterocycles. The number of methoxy groups -OCH3 is 1. The maximum absolute atomic E-state index is 12.6. The second-order valence-electron chi connectivity index (χ2n) is 10.5. The summed E-state index contributed by atoms with van der Waals surface area (Å²) in [5.74, 6) is -0.810. The first kappa shape index (κ1) is 36.5. The van der Waals surface area contributed by atoms with E-state index in [0.717, 1.165) is 12.8 Å². The molecule has 0 radical (unpaired) electrons. The molecule has 0 aromatic heterocycles. The molecular formula is C30H55NO6S. The van der Waals surface area contributed by atoms with Crippen LogP contribution in [0.25, 0.3) is 0 Å². The second-order valence-corrected chi connectivity index (χ2v) is 12.2. The van der Waals surface area contributed by atoms with E-state index in [1.807, 2.05) is 13.8 Å². The van der Waals surface area contributed by atoms with Crippen molar-refractivity contribution >= 4 is 29.6 Å². The van der Waals surface area contributed by atoms with Crippen molar-refractivity contribution in [1.82, 2.24) is 5.32 Å². The number of thioether (sulfide) groups is 1. The highest BCUT2D eigenvalue weighted by atomic mass is 32.2. The highest BCUT2D eigenvalue weighted by Gasteiger charge is 2.42. The minimum absolute atomic E-state index is 0.238. The SMILES string of the molecule is CCCCCCCCCCCCC(C)[C@@H](CCC=CC(=O)OOC)SC(C)(CC)C(NC(C)=O)C(=O)OC. The fraction of sp³-hybridized carbons (Fsp3) is 0.833. The smallest absolute Gasteiger partial charge is 0.365 e. The maximum Gasteiger partial charge on any atom is 0.365 e. The van der Waals surface area contributed by atoms with Gasteiger partial charge in [-0.15, -0.1) is 11.8 Å². The van der Waals surface area contributed by atoms with Crippen LogP contribution in [0.15, 0.2) is 12.2 Å². The van der Waals surface area contributed by atoms with Crippen molar-refractivity contribution in [3.8, 4) is 0 Å². The Hall–Kier alpha value is -1.54. The Kier molecular flexibility index (Phi) is 21.4. The first-order valence-corrected chi connectivity index (χ1v) is 15.5. The number of allylic oxidation sites excluding steroid dienone is 1. The minimum Gasteiger partial charge on any atom is -0.467 e. The van der Waals surface area contributed by atoms with Crippen LogP contribution in [-0.4, -0.2) is 48.1 Å². The lowest BCUT2D eigenvalue weighted by Crippen LogP contribution is -2.54. The minimum atomic E-state index is -0.737. The second kappa shape index (κ2) is 22.3. The number of esters is 1. The van der Waals surface area contributed by atoms with Crippen LogP contribution in [0.1, 0.15) is 125 Å². The summed E-state index contributed by atoms with van der Waals surface area (Å²) in [4.78, 5) is 45.0. The van der Waals surface area contributed by atoms with E-state index in [0.29, 0.717) is 18.8 Å². The number of unbranched alkanes of at least 4 members (excludes halogenated alkanes) is 9. The van der Waals surface area contributed by atoms with Gasteiger partial charge in [-0.25, -0.2) is 9.59 Å². The lowest BCUT2D eigenvalue weighted by Gasteiger charge is -2.39. The quantitative estimate of drug-likeness (QED) is 0.0462. The molecule has 7 nitrogen and oxygen atoms in total. The molecule has 0 bridgehead atoms. The van der Waals surface area contributed by atoms with Crippen LogP contribution in [0.2, 0.25) is 0 Å². The van der Waals surface area contributed by atoms with Gasteiger partial charge in [-0.05, 0) is 38.5 Å². The fourth-order valence-corrected chi connectivity index (χ4v) is 6.40. The van der Waals surface area contributed by atoms with Crippen LogP contribution < -0.4 is 5.32 Å². The van der Waals surface area contributed by atoms with Crippen LogP contribution in [0.4, 0.5) is 0 Å².